The van der Waals surface area contributed by atoms with Crippen LogP contribution in [0.3, 0.4) is 0 Å². The van der Waals surface area contributed by atoms with E-state index < -0.39 is 12.0 Å². The van der Waals surface area contributed by atoms with Gasteiger partial charge < -0.3 is 4.74 Å². The van der Waals surface area contributed by atoms with Gasteiger partial charge in [0.05, 0.1) is 5.69 Å². The fourth-order valence-electron chi connectivity index (χ4n) is 3.06. The lowest BCUT2D eigenvalue weighted by atomic mass is 10.1. The Bertz CT molecular complexity index is 1190. The van der Waals surface area contributed by atoms with E-state index in [9.17, 15) is 9.59 Å². The summed E-state index contributed by atoms with van der Waals surface area (Å²) in [5, 5.41) is 11.1. The van der Waals surface area contributed by atoms with E-state index >= 15 is 0 Å². The number of aromatic nitrogens is 6. The Kier molecular flexibility index (Phi) is 5.10. The maximum Gasteiger partial charge on any atom is 0.331 e. The van der Waals surface area contributed by atoms with Gasteiger partial charge in [0.2, 0.25) is 0 Å². The van der Waals surface area contributed by atoms with Crippen molar-refractivity contribution in [2.24, 2.45) is 0 Å². The molecule has 3 heterocycles. The molecule has 0 bridgehead atoms. The van der Waals surface area contributed by atoms with Crippen molar-refractivity contribution in [2.45, 2.75) is 26.0 Å². The molecule has 1 atom stereocenters. The first kappa shape index (κ1) is 18.5. The molecule has 0 saturated heterocycles. The first-order valence-corrected chi connectivity index (χ1v) is 9.03. The minimum absolute atomic E-state index is 0.119. The third kappa shape index (κ3) is 4.03. The number of carbonyl (C=O) groups is 1. The molecule has 4 rings (SSSR count). The smallest absolute Gasteiger partial charge is 0.331 e. The predicted molar refractivity (Wildman–Crippen MR) is 103 cm³/mol. The number of fused-ring (bicyclic) bond motifs is 1. The van der Waals surface area contributed by atoms with Gasteiger partial charge in [-0.25, -0.2) is 14.5 Å². The number of carbonyl (C=O) groups excluding carboxylic acids is 1. The van der Waals surface area contributed by atoms with E-state index in [1.165, 1.54) is 21.5 Å². The monoisotopic (exact) mass is 390 g/mol. The van der Waals surface area contributed by atoms with E-state index in [4.69, 9.17) is 4.74 Å². The lowest BCUT2D eigenvalue weighted by Crippen LogP contribution is -2.25. The summed E-state index contributed by atoms with van der Waals surface area (Å²) in [6.07, 6.45) is 3.40. The maximum absolute atomic E-state index is 12.8. The van der Waals surface area contributed by atoms with Gasteiger partial charge in [-0.15, -0.1) is 5.10 Å². The van der Waals surface area contributed by atoms with Gasteiger partial charge in [0.15, 0.2) is 6.04 Å². The van der Waals surface area contributed by atoms with Crippen LogP contribution in [0, 0.1) is 6.92 Å². The third-order valence-corrected chi connectivity index (χ3v) is 4.53. The molecule has 0 radical (unpaired) electrons. The number of tetrazole rings is 1. The summed E-state index contributed by atoms with van der Waals surface area (Å²) in [5.74, 6) is -0.507. The number of aryl methyl sites for hydroxylation is 1. The molecule has 0 saturated carbocycles. The zero-order chi connectivity index (χ0) is 20.2. The summed E-state index contributed by atoms with van der Waals surface area (Å²) >= 11 is 0. The van der Waals surface area contributed by atoms with Crippen molar-refractivity contribution in [1.82, 2.24) is 29.6 Å². The number of hydrogen-bond acceptors (Lipinski definition) is 7. The minimum Gasteiger partial charge on any atom is -0.458 e. The first-order valence-electron chi connectivity index (χ1n) is 9.03. The van der Waals surface area contributed by atoms with Gasteiger partial charge >= 0.3 is 5.97 Å². The van der Waals surface area contributed by atoms with Gasteiger partial charge in [0.25, 0.3) is 5.56 Å². The maximum atomic E-state index is 12.8. The molecule has 29 heavy (non-hydrogen) atoms. The second-order valence-electron chi connectivity index (χ2n) is 6.57. The van der Waals surface area contributed by atoms with Crippen LogP contribution in [0.1, 0.15) is 22.9 Å². The highest BCUT2D eigenvalue weighted by atomic mass is 16.5. The van der Waals surface area contributed by atoms with Crippen LogP contribution < -0.4 is 5.56 Å². The fourth-order valence-corrected chi connectivity index (χ4v) is 3.06. The molecule has 4 aromatic rings. The summed E-state index contributed by atoms with van der Waals surface area (Å²) in [7, 11) is 0. The number of nitrogens with zero attached hydrogens (tertiary/aromatic N) is 6. The van der Waals surface area contributed by atoms with Crippen molar-refractivity contribution in [2.75, 3.05) is 0 Å². The second-order valence-corrected chi connectivity index (χ2v) is 6.57. The Hall–Kier alpha value is -3.88. The molecule has 9 heteroatoms. The van der Waals surface area contributed by atoms with E-state index in [2.05, 4.69) is 20.5 Å². The summed E-state index contributed by atoms with van der Waals surface area (Å²) in [4.78, 5) is 29.5. The summed E-state index contributed by atoms with van der Waals surface area (Å²) in [6.45, 7) is 1.75. The van der Waals surface area contributed by atoms with Crippen LogP contribution in [-0.2, 0) is 22.6 Å². The zero-order valence-electron chi connectivity index (χ0n) is 15.7. The normalized spacial score (nSPS) is 12.0. The number of rotatable bonds is 6. The van der Waals surface area contributed by atoms with Crippen molar-refractivity contribution in [3.05, 3.63) is 88.2 Å². The number of pyridine rings is 1. The third-order valence-electron chi connectivity index (χ3n) is 4.53. The second kappa shape index (κ2) is 8.01. The van der Waals surface area contributed by atoms with Crippen LogP contribution in [-0.4, -0.2) is 35.6 Å². The highest BCUT2D eigenvalue weighted by Gasteiger charge is 2.24. The Morgan fingerprint density at radius 1 is 1.17 bits per heavy atom. The van der Waals surface area contributed by atoms with Crippen LogP contribution in [0.5, 0.6) is 0 Å². The molecule has 0 fully saturated rings. The minimum atomic E-state index is -0.726. The average Bonchev–Trinajstić information content (AvgIpc) is 3.26. The Morgan fingerprint density at radius 2 is 2.00 bits per heavy atom. The van der Waals surface area contributed by atoms with Gasteiger partial charge in [-0.1, -0.05) is 36.4 Å². The Labute approximate surface area is 165 Å². The molecule has 146 valence electrons. The van der Waals surface area contributed by atoms with Gasteiger partial charge in [0, 0.05) is 18.7 Å². The Balaban J connectivity index is 1.55. The van der Waals surface area contributed by atoms with E-state index in [1.54, 1.807) is 12.3 Å². The lowest BCUT2D eigenvalue weighted by molar-refractivity contribution is -0.149. The van der Waals surface area contributed by atoms with Crippen molar-refractivity contribution in [3.63, 3.8) is 0 Å². The molecule has 9 nitrogen and oxygen atoms in total. The molecule has 3 aromatic heterocycles. The lowest BCUT2D eigenvalue weighted by Gasteiger charge is -2.15. The average molecular weight is 390 g/mol. The van der Waals surface area contributed by atoms with Crippen LogP contribution in [0.2, 0.25) is 0 Å². The fraction of sp³-hybridized carbons (Fsp3) is 0.200. The van der Waals surface area contributed by atoms with Gasteiger partial charge in [-0.2, -0.15) is 0 Å². The van der Waals surface area contributed by atoms with Crippen LogP contribution >= 0.6 is 0 Å². The molecule has 0 unspecified atom stereocenters. The van der Waals surface area contributed by atoms with Crippen LogP contribution in [0.25, 0.3) is 5.65 Å². The first-order chi connectivity index (χ1) is 14.1. The van der Waals surface area contributed by atoms with Crippen molar-refractivity contribution in [1.29, 1.82) is 0 Å². The molecule has 0 amide bonds. The van der Waals surface area contributed by atoms with E-state index in [-0.39, 0.29) is 12.2 Å². The van der Waals surface area contributed by atoms with Gasteiger partial charge in [0.1, 0.15) is 18.6 Å². The van der Waals surface area contributed by atoms with Crippen LogP contribution in [0.4, 0.5) is 0 Å². The standard InChI is InChI=1S/C20H18N6O3/c1-14-6-5-9-25-18(27)11-16(22-19(14)25)12-29-20(28)17(26-13-21-23-24-26)10-15-7-3-2-4-8-15/h2-9,11,13,17H,10,12H2,1H3/t17-/m0/s1. The van der Waals surface area contributed by atoms with Crippen molar-refractivity contribution < 1.29 is 9.53 Å². The molecule has 0 spiro atoms. The number of hydrogen-bond donors (Lipinski definition) is 0. The molecule has 1 aromatic carbocycles. The number of ether oxygens (including phenoxy) is 1. The SMILES string of the molecule is Cc1cccn2c(=O)cc(COC(=O)[C@H](Cc3ccccc3)n3cnnn3)nc12. The topological polar surface area (TPSA) is 104 Å². The zero-order valence-corrected chi connectivity index (χ0v) is 15.7. The molecular weight excluding hydrogens is 372 g/mol. The summed E-state index contributed by atoms with van der Waals surface area (Å²) < 4.78 is 8.29. The largest absolute Gasteiger partial charge is 0.458 e. The number of benzene rings is 1. The molecule has 0 N–H and O–H groups in total. The van der Waals surface area contributed by atoms with Crippen LogP contribution in [0.15, 0.2) is 65.8 Å². The predicted octanol–water partition coefficient (Wildman–Crippen LogP) is 1.52. The molecular formula is C20H18N6O3. The van der Waals surface area contributed by atoms with Crippen molar-refractivity contribution >= 4 is 11.6 Å². The highest BCUT2D eigenvalue weighted by molar-refractivity contribution is 5.74. The van der Waals surface area contributed by atoms with Gasteiger partial charge in [-0.3, -0.25) is 9.20 Å². The highest BCUT2D eigenvalue weighted by Crippen LogP contribution is 2.16. The van der Waals surface area contributed by atoms with E-state index in [0.717, 1.165) is 11.1 Å². The quantitative estimate of drug-likeness (QED) is 0.460. The van der Waals surface area contributed by atoms with Crippen molar-refractivity contribution in [3.8, 4) is 0 Å². The van der Waals surface area contributed by atoms with E-state index in [1.807, 2.05) is 43.3 Å². The Morgan fingerprint density at radius 3 is 2.76 bits per heavy atom. The summed E-state index contributed by atoms with van der Waals surface area (Å²) in [5.41, 5.74) is 2.49. The van der Waals surface area contributed by atoms with Gasteiger partial charge in [-0.05, 0) is 34.5 Å². The number of esters is 1. The van der Waals surface area contributed by atoms with E-state index in [0.29, 0.717) is 17.8 Å². The summed E-state index contributed by atoms with van der Waals surface area (Å²) in [6, 6.07) is 13.8. The molecule has 0 aliphatic heterocycles. The molecule has 0 aliphatic carbocycles. The molecule has 0 aliphatic rings.